The molecule has 1 unspecified atom stereocenters. The van der Waals surface area contributed by atoms with Crippen LogP contribution in [0, 0.1) is 5.82 Å². The molecule has 18 heavy (non-hydrogen) atoms. The van der Waals surface area contributed by atoms with Crippen LogP contribution in [0.2, 0.25) is 0 Å². The van der Waals surface area contributed by atoms with E-state index >= 15 is 0 Å². The van der Waals surface area contributed by atoms with Crippen molar-refractivity contribution in [2.75, 3.05) is 24.5 Å². The van der Waals surface area contributed by atoms with Gasteiger partial charge in [-0.1, -0.05) is 6.07 Å². The van der Waals surface area contributed by atoms with Gasteiger partial charge in [0.2, 0.25) is 0 Å². The van der Waals surface area contributed by atoms with Crippen molar-refractivity contribution in [3.05, 3.63) is 30.1 Å². The smallest absolute Gasteiger partial charge is 0.415 e. The van der Waals surface area contributed by atoms with Gasteiger partial charge in [-0.2, -0.15) is 0 Å². The lowest BCUT2D eigenvalue weighted by molar-refractivity contribution is 0.0366. The Morgan fingerprint density at radius 1 is 1.44 bits per heavy atom. The highest BCUT2D eigenvalue weighted by Gasteiger charge is 2.46. The van der Waals surface area contributed by atoms with E-state index in [1.54, 1.807) is 12.1 Å². The van der Waals surface area contributed by atoms with E-state index in [-0.39, 0.29) is 11.9 Å². The molecule has 2 aliphatic rings. The van der Waals surface area contributed by atoms with E-state index in [4.69, 9.17) is 4.74 Å². The number of hydrogen-bond acceptors (Lipinski definition) is 3. The summed E-state index contributed by atoms with van der Waals surface area (Å²) in [6, 6.07) is 6.04. The summed E-state index contributed by atoms with van der Waals surface area (Å²) >= 11 is 0. The maximum Gasteiger partial charge on any atom is 0.415 e. The molecule has 5 heteroatoms. The Balaban J connectivity index is 1.84. The summed E-state index contributed by atoms with van der Waals surface area (Å²) in [5, 5.41) is 3.24. The Bertz CT molecular complexity index is 472. The van der Waals surface area contributed by atoms with Crippen molar-refractivity contribution < 1.29 is 13.9 Å². The number of ether oxygens (including phenoxy) is 1. The number of amides is 1. The third-order valence-electron chi connectivity index (χ3n) is 3.52. The summed E-state index contributed by atoms with van der Waals surface area (Å²) in [6.07, 6.45) is 1.46. The molecule has 2 heterocycles. The fourth-order valence-electron chi connectivity index (χ4n) is 2.63. The standard InChI is InChI=1S/C13H15FN2O2/c14-10-3-1-4-11(7-10)16-9-13(18-12(16)17)5-2-6-15-8-13/h1,3-4,7,15H,2,5-6,8-9H2. The minimum Gasteiger partial charge on any atom is -0.439 e. The highest BCUT2D eigenvalue weighted by molar-refractivity contribution is 5.90. The second-order valence-electron chi connectivity index (χ2n) is 4.90. The Hall–Kier alpha value is -1.62. The van der Waals surface area contributed by atoms with Crippen LogP contribution in [-0.2, 0) is 4.74 Å². The first-order valence-electron chi connectivity index (χ1n) is 6.15. The molecular formula is C13H15FN2O2. The van der Waals surface area contributed by atoms with Gasteiger partial charge in [0.05, 0.1) is 12.2 Å². The molecule has 0 radical (unpaired) electrons. The highest BCUT2D eigenvalue weighted by atomic mass is 19.1. The van der Waals surface area contributed by atoms with E-state index in [0.29, 0.717) is 18.8 Å². The second kappa shape index (κ2) is 4.24. The van der Waals surface area contributed by atoms with E-state index in [1.807, 2.05) is 0 Å². The van der Waals surface area contributed by atoms with Gasteiger partial charge in [0.1, 0.15) is 11.4 Å². The largest absolute Gasteiger partial charge is 0.439 e. The number of hydrogen-bond donors (Lipinski definition) is 1. The van der Waals surface area contributed by atoms with Crippen molar-refractivity contribution >= 4 is 11.8 Å². The first-order valence-corrected chi connectivity index (χ1v) is 6.15. The number of rotatable bonds is 1. The van der Waals surface area contributed by atoms with Gasteiger partial charge >= 0.3 is 6.09 Å². The highest BCUT2D eigenvalue weighted by Crippen LogP contribution is 2.32. The van der Waals surface area contributed by atoms with Crippen molar-refractivity contribution in [2.24, 2.45) is 0 Å². The molecule has 1 spiro atoms. The molecule has 2 saturated heterocycles. The molecule has 96 valence electrons. The minimum atomic E-state index is -0.443. The Labute approximate surface area is 105 Å². The van der Waals surface area contributed by atoms with Gasteiger partial charge in [0.15, 0.2) is 0 Å². The number of piperidine rings is 1. The predicted octanol–water partition coefficient (Wildman–Crippen LogP) is 1.90. The molecular weight excluding hydrogens is 235 g/mol. The van der Waals surface area contributed by atoms with Crippen LogP contribution in [0.25, 0.3) is 0 Å². The molecule has 2 fully saturated rings. The molecule has 0 bridgehead atoms. The first kappa shape index (κ1) is 11.5. The average molecular weight is 250 g/mol. The molecule has 2 aliphatic heterocycles. The number of benzene rings is 1. The van der Waals surface area contributed by atoms with Crippen LogP contribution in [0.5, 0.6) is 0 Å². The van der Waals surface area contributed by atoms with Gasteiger partial charge in [0, 0.05) is 6.54 Å². The van der Waals surface area contributed by atoms with Gasteiger partial charge in [-0.25, -0.2) is 9.18 Å². The maximum atomic E-state index is 13.2. The number of nitrogens with zero attached hydrogens (tertiary/aromatic N) is 1. The SMILES string of the molecule is O=C1OC2(CCCNC2)CN1c1cccc(F)c1. The number of halogens is 1. The zero-order valence-corrected chi connectivity index (χ0v) is 9.99. The maximum absolute atomic E-state index is 13.2. The molecule has 0 saturated carbocycles. The Kier molecular flexibility index (Phi) is 2.70. The van der Waals surface area contributed by atoms with Crippen molar-refractivity contribution in [3.8, 4) is 0 Å². The molecule has 1 aromatic rings. The monoisotopic (exact) mass is 250 g/mol. The molecule has 0 aromatic heterocycles. The third-order valence-corrected chi connectivity index (χ3v) is 3.52. The molecule has 1 atom stereocenters. The van der Waals surface area contributed by atoms with Crippen LogP contribution < -0.4 is 10.2 Å². The fraction of sp³-hybridized carbons (Fsp3) is 0.462. The van der Waals surface area contributed by atoms with Gasteiger partial charge in [-0.15, -0.1) is 0 Å². The molecule has 1 amide bonds. The third kappa shape index (κ3) is 1.95. The topological polar surface area (TPSA) is 41.6 Å². The van der Waals surface area contributed by atoms with E-state index in [1.165, 1.54) is 17.0 Å². The van der Waals surface area contributed by atoms with Crippen LogP contribution in [0.3, 0.4) is 0 Å². The van der Waals surface area contributed by atoms with Gasteiger partial charge in [-0.05, 0) is 37.6 Å². The van der Waals surface area contributed by atoms with Gasteiger partial charge in [-0.3, -0.25) is 4.90 Å². The lowest BCUT2D eigenvalue weighted by atomic mass is 9.94. The van der Waals surface area contributed by atoms with E-state index in [2.05, 4.69) is 5.32 Å². The van der Waals surface area contributed by atoms with E-state index < -0.39 is 5.60 Å². The van der Waals surface area contributed by atoms with Crippen LogP contribution in [0.4, 0.5) is 14.9 Å². The summed E-state index contributed by atoms with van der Waals surface area (Å²) < 4.78 is 18.7. The summed E-state index contributed by atoms with van der Waals surface area (Å²) in [6.45, 7) is 2.12. The fourth-order valence-corrected chi connectivity index (χ4v) is 2.63. The van der Waals surface area contributed by atoms with Crippen molar-refractivity contribution in [2.45, 2.75) is 18.4 Å². The molecule has 1 aromatic carbocycles. The Morgan fingerprint density at radius 3 is 3.06 bits per heavy atom. The summed E-state index contributed by atoms with van der Waals surface area (Å²) in [7, 11) is 0. The molecule has 3 rings (SSSR count). The minimum absolute atomic E-state index is 0.344. The summed E-state index contributed by atoms with van der Waals surface area (Å²) in [5.74, 6) is -0.344. The van der Waals surface area contributed by atoms with Crippen LogP contribution in [0.15, 0.2) is 24.3 Å². The second-order valence-corrected chi connectivity index (χ2v) is 4.90. The zero-order valence-electron chi connectivity index (χ0n) is 9.99. The molecule has 0 aliphatic carbocycles. The van der Waals surface area contributed by atoms with Crippen LogP contribution in [0.1, 0.15) is 12.8 Å². The van der Waals surface area contributed by atoms with Crippen LogP contribution >= 0.6 is 0 Å². The average Bonchev–Trinajstić information content (AvgIpc) is 2.67. The number of anilines is 1. The van der Waals surface area contributed by atoms with Gasteiger partial charge in [0.25, 0.3) is 0 Å². The Morgan fingerprint density at radius 2 is 2.33 bits per heavy atom. The molecule has 4 nitrogen and oxygen atoms in total. The van der Waals surface area contributed by atoms with Crippen molar-refractivity contribution in [3.63, 3.8) is 0 Å². The number of carbonyl (C=O) groups excluding carboxylic acids is 1. The molecule has 1 N–H and O–H groups in total. The van der Waals surface area contributed by atoms with Crippen LogP contribution in [-0.4, -0.2) is 31.3 Å². The first-order chi connectivity index (χ1) is 8.69. The van der Waals surface area contributed by atoms with Crippen molar-refractivity contribution in [1.29, 1.82) is 0 Å². The quantitative estimate of drug-likeness (QED) is 0.827. The van der Waals surface area contributed by atoms with E-state index in [9.17, 15) is 9.18 Å². The normalized spacial score (nSPS) is 27.6. The van der Waals surface area contributed by atoms with E-state index in [0.717, 1.165) is 19.4 Å². The lowest BCUT2D eigenvalue weighted by Gasteiger charge is -2.31. The number of carbonyl (C=O) groups is 1. The summed E-state index contributed by atoms with van der Waals surface area (Å²) in [4.78, 5) is 13.4. The lowest BCUT2D eigenvalue weighted by Crippen LogP contribution is -2.48. The number of nitrogens with one attached hydrogen (secondary N) is 1. The predicted molar refractivity (Wildman–Crippen MR) is 65.1 cm³/mol. The zero-order chi connectivity index (χ0) is 12.6. The summed E-state index contributed by atoms with van der Waals surface area (Å²) in [5.41, 5.74) is 0.115. The van der Waals surface area contributed by atoms with Gasteiger partial charge < -0.3 is 10.1 Å². The van der Waals surface area contributed by atoms with Crippen molar-refractivity contribution in [1.82, 2.24) is 5.32 Å².